The number of rotatable bonds is 3. The number of hydrogen-bond acceptors (Lipinski definition) is 4. The molecule has 0 saturated carbocycles. The molecule has 0 aromatic heterocycles. The fourth-order valence-electron chi connectivity index (χ4n) is 3.79. The van der Waals surface area contributed by atoms with Gasteiger partial charge in [-0.15, -0.1) is 0 Å². The van der Waals surface area contributed by atoms with Gasteiger partial charge in [0.25, 0.3) is 0 Å². The van der Waals surface area contributed by atoms with E-state index in [-0.39, 0.29) is 11.9 Å². The fraction of sp³-hybridized carbons (Fsp3) is 0.333. The molecule has 1 unspecified atom stereocenters. The van der Waals surface area contributed by atoms with Crippen LogP contribution in [-0.4, -0.2) is 18.3 Å². The summed E-state index contributed by atoms with van der Waals surface area (Å²) in [6.07, 6.45) is 3.14. The van der Waals surface area contributed by atoms with Crippen LogP contribution in [0.15, 0.2) is 30.3 Å². The number of aryl methyl sites for hydroxylation is 1. The van der Waals surface area contributed by atoms with Crippen molar-refractivity contribution in [1.82, 2.24) is 0 Å². The van der Waals surface area contributed by atoms with E-state index in [1.54, 1.807) is 12.1 Å². The first-order valence-corrected chi connectivity index (χ1v) is 8.93. The van der Waals surface area contributed by atoms with Crippen LogP contribution in [0.25, 0.3) is 0 Å². The maximum Gasteiger partial charge on any atom is 0.248 e. The Morgan fingerprint density at radius 3 is 2.88 bits per heavy atom. The van der Waals surface area contributed by atoms with E-state index >= 15 is 0 Å². The molecule has 1 aliphatic carbocycles. The van der Waals surface area contributed by atoms with Crippen LogP contribution in [0.4, 0.5) is 0 Å². The lowest BCUT2D eigenvalue weighted by molar-refractivity contribution is 0.0930. The first kappa shape index (κ1) is 16.6. The number of amides is 1. The van der Waals surface area contributed by atoms with Gasteiger partial charge >= 0.3 is 0 Å². The number of primary amides is 1. The summed E-state index contributed by atoms with van der Waals surface area (Å²) in [5.74, 6) is 1.07. The highest BCUT2D eigenvalue weighted by molar-refractivity contribution is 6.00. The van der Waals surface area contributed by atoms with Crippen molar-refractivity contribution in [3.63, 3.8) is 0 Å². The van der Waals surface area contributed by atoms with E-state index in [1.807, 2.05) is 25.1 Å². The SMILES string of the molecule is Cc1c(OC2CCCc3cc(C(N)=O)ccc32)ccc2c1OCCC2=O. The summed E-state index contributed by atoms with van der Waals surface area (Å²) in [4.78, 5) is 23.4. The zero-order valence-corrected chi connectivity index (χ0v) is 14.7. The quantitative estimate of drug-likeness (QED) is 0.918. The number of nitrogens with two attached hydrogens (primary N) is 1. The van der Waals surface area contributed by atoms with Gasteiger partial charge in [-0.1, -0.05) is 6.07 Å². The van der Waals surface area contributed by atoms with E-state index in [9.17, 15) is 9.59 Å². The van der Waals surface area contributed by atoms with Crippen molar-refractivity contribution in [2.24, 2.45) is 5.73 Å². The molecular weight excluding hydrogens is 330 g/mol. The molecule has 1 heterocycles. The Bertz CT molecular complexity index is 903. The number of fused-ring (bicyclic) bond motifs is 2. The van der Waals surface area contributed by atoms with Crippen LogP contribution in [-0.2, 0) is 6.42 Å². The molecule has 2 aromatic rings. The van der Waals surface area contributed by atoms with Gasteiger partial charge in [0.05, 0.1) is 12.2 Å². The largest absolute Gasteiger partial charge is 0.492 e. The van der Waals surface area contributed by atoms with Crippen LogP contribution >= 0.6 is 0 Å². The second kappa shape index (κ2) is 6.48. The van der Waals surface area contributed by atoms with Gasteiger partial charge in [0, 0.05) is 17.5 Å². The van der Waals surface area contributed by atoms with Gasteiger partial charge in [0.2, 0.25) is 5.91 Å². The van der Waals surface area contributed by atoms with Gasteiger partial charge in [-0.05, 0) is 61.6 Å². The molecular formula is C21H21NO4. The zero-order chi connectivity index (χ0) is 18.3. The van der Waals surface area contributed by atoms with Crippen molar-refractivity contribution in [3.8, 4) is 11.5 Å². The topological polar surface area (TPSA) is 78.6 Å². The highest BCUT2D eigenvalue weighted by Crippen LogP contribution is 2.39. The highest BCUT2D eigenvalue weighted by Gasteiger charge is 2.26. The number of carbonyl (C=O) groups is 2. The highest BCUT2D eigenvalue weighted by atomic mass is 16.5. The monoisotopic (exact) mass is 351 g/mol. The molecule has 0 saturated heterocycles. The average molecular weight is 351 g/mol. The van der Waals surface area contributed by atoms with Crippen LogP contribution in [0.5, 0.6) is 11.5 Å². The lowest BCUT2D eigenvalue weighted by Crippen LogP contribution is -2.19. The Labute approximate surface area is 152 Å². The van der Waals surface area contributed by atoms with Gasteiger partial charge in [-0.3, -0.25) is 9.59 Å². The zero-order valence-electron chi connectivity index (χ0n) is 14.7. The van der Waals surface area contributed by atoms with E-state index in [0.717, 1.165) is 41.7 Å². The van der Waals surface area contributed by atoms with Crippen molar-refractivity contribution < 1.29 is 19.1 Å². The summed E-state index contributed by atoms with van der Waals surface area (Å²) in [5.41, 5.74) is 9.62. The molecule has 5 heteroatoms. The normalized spacial score (nSPS) is 18.5. The Hall–Kier alpha value is -2.82. The number of benzene rings is 2. The Morgan fingerprint density at radius 1 is 1.23 bits per heavy atom. The smallest absolute Gasteiger partial charge is 0.248 e. The van der Waals surface area contributed by atoms with Crippen LogP contribution in [0.3, 0.4) is 0 Å². The standard InChI is InChI=1S/C21H21NO4/c1-12-18(8-7-16-17(23)9-10-25-20(12)16)26-19-4-2-3-13-11-14(21(22)24)5-6-15(13)19/h5-8,11,19H,2-4,9-10H2,1H3,(H2,22,24). The van der Waals surface area contributed by atoms with Gasteiger partial charge in [0.15, 0.2) is 5.78 Å². The third-order valence-corrected chi connectivity index (χ3v) is 5.19. The van der Waals surface area contributed by atoms with E-state index in [0.29, 0.717) is 29.9 Å². The molecule has 0 bridgehead atoms. The minimum absolute atomic E-state index is 0.0864. The molecule has 2 aliphatic rings. The first-order chi connectivity index (χ1) is 12.5. The van der Waals surface area contributed by atoms with Crippen molar-refractivity contribution in [3.05, 3.63) is 58.1 Å². The van der Waals surface area contributed by atoms with Crippen molar-refractivity contribution >= 4 is 11.7 Å². The van der Waals surface area contributed by atoms with Crippen LogP contribution in [0.2, 0.25) is 0 Å². The summed E-state index contributed by atoms with van der Waals surface area (Å²) in [6, 6.07) is 9.21. The predicted octanol–water partition coefficient (Wildman–Crippen LogP) is 3.52. The molecule has 26 heavy (non-hydrogen) atoms. The Balaban J connectivity index is 1.65. The summed E-state index contributed by atoms with van der Waals surface area (Å²) >= 11 is 0. The minimum atomic E-state index is -0.414. The first-order valence-electron chi connectivity index (χ1n) is 8.93. The summed E-state index contributed by atoms with van der Waals surface area (Å²) in [7, 11) is 0. The Morgan fingerprint density at radius 2 is 2.08 bits per heavy atom. The number of ketones is 1. The third-order valence-electron chi connectivity index (χ3n) is 5.19. The molecule has 0 spiro atoms. The molecule has 134 valence electrons. The van der Waals surface area contributed by atoms with Crippen LogP contribution in [0, 0.1) is 6.92 Å². The second-order valence-electron chi connectivity index (χ2n) is 6.86. The lowest BCUT2D eigenvalue weighted by Gasteiger charge is -2.28. The lowest BCUT2D eigenvalue weighted by atomic mass is 9.88. The molecule has 1 amide bonds. The average Bonchev–Trinajstić information content (AvgIpc) is 2.64. The molecule has 0 fully saturated rings. The molecule has 2 N–H and O–H groups in total. The van der Waals surface area contributed by atoms with Crippen LogP contribution < -0.4 is 15.2 Å². The minimum Gasteiger partial charge on any atom is -0.492 e. The van der Waals surface area contributed by atoms with E-state index in [4.69, 9.17) is 15.2 Å². The molecule has 0 radical (unpaired) electrons. The number of carbonyl (C=O) groups excluding carboxylic acids is 2. The fourth-order valence-corrected chi connectivity index (χ4v) is 3.79. The maximum atomic E-state index is 12.0. The number of ether oxygens (including phenoxy) is 2. The molecule has 5 nitrogen and oxygen atoms in total. The van der Waals surface area contributed by atoms with Gasteiger partial charge in [-0.2, -0.15) is 0 Å². The summed E-state index contributed by atoms with van der Waals surface area (Å²) in [6.45, 7) is 2.34. The predicted molar refractivity (Wildman–Crippen MR) is 96.9 cm³/mol. The van der Waals surface area contributed by atoms with Crippen molar-refractivity contribution in [2.45, 2.75) is 38.7 Å². The third kappa shape index (κ3) is 2.83. The number of hydrogen-bond donors (Lipinski definition) is 1. The van der Waals surface area contributed by atoms with Crippen LogP contribution in [0.1, 0.15) is 62.8 Å². The molecule has 2 aromatic carbocycles. The summed E-state index contributed by atoms with van der Waals surface area (Å²) in [5, 5.41) is 0. The van der Waals surface area contributed by atoms with Gasteiger partial charge < -0.3 is 15.2 Å². The molecule has 1 aliphatic heterocycles. The number of Topliss-reactive ketones (excluding diaryl/α,β-unsaturated/α-hetero) is 1. The van der Waals surface area contributed by atoms with E-state index in [1.165, 1.54) is 0 Å². The second-order valence-corrected chi connectivity index (χ2v) is 6.86. The van der Waals surface area contributed by atoms with Gasteiger partial charge in [-0.25, -0.2) is 0 Å². The molecule has 4 rings (SSSR count). The van der Waals surface area contributed by atoms with Gasteiger partial charge in [0.1, 0.15) is 17.6 Å². The van der Waals surface area contributed by atoms with Crippen molar-refractivity contribution in [1.29, 1.82) is 0 Å². The van der Waals surface area contributed by atoms with E-state index in [2.05, 4.69) is 0 Å². The van der Waals surface area contributed by atoms with E-state index < -0.39 is 5.91 Å². The Kier molecular flexibility index (Phi) is 4.15. The maximum absolute atomic E-state index is 12.0. The summed E-state index contributed by atoms with van der Waals surface area (Å²) < 4.78 is 12.0. The molecule has 1 atom stereocenters. The van der Waals surface area contributed by atoms with Crippen molar-refractivity contribution in [2.75, 3.05) is 6.61 Å².